The minimum Gasteiger partial charge on any atom is -0.493 e. The molecule has 2 N–H and O–H groups in total. The number of hydrogen-bond acceptors (Lipinski definition) is 4. The maximum Gasteiger partial charge on any atom is 0.319 e. The van der Waals surface area contributed by atoms with Gasteiger partial charge in [-0.2, -0.15) is 0 Å². The molecular weight excluding hydrogens is 327 g/mol. The van der Waals surface area contributed by atoms with E-state index in [9.17, 15) is 9.18 Å². The quantitative estimate of drug-likeness (QED) is 0.805. The number of amides is 2. The van der Waals surface area contributed by atoms with Crippen molar-refractivity contribution in [1.82, 2.24) is 5.32 Å². The van der Waals surface area contributed by atoms with E-state index in [2.05, 4.69) is 10.6 Å². The second-order valence-electron chi connectivity index (χ2n) is 5.18. The average molecular weight is 348 g/mol. The van der Waals surface area contributed by atoms with Gasteiger partial charge in [0.05, 0.1) is 20.3 Å². The van der Waals surface area contributed by atoms with Gasteiger partial charge in [0.25, 0.3) is 0 Å². The van der Waals surface area contributed by atoms with Gasteiger partial charge >= 0.3 is 6.03 Å². The highest BCUT2D eigenvalue weighted by molar-refractivity contribution is 5.89. The van der Waals surface area contributed by atoms with Crippen LogP contribution in [-0.4, -0.2) is 33.9 Å². The summed E-state index contributed by atoms with van der Waals surface area (Å²) in [4.78, 5) is 12.1. The average Bonchev–Trinajstić information content (AvgIpc) is 2.62. The first-order valence-corrected chi connectivity index (χ1v) is 7.62. The summed E-state index contributed by atoms with van der Waals surface area (Å²) in [5.74, 6) is 0.725. The van der Waals surface area contributed by atoms with Gasteiger partial charge in [0.15, 0.2) is 11.5 Å². The molecule has 2 amide bonds. The van der Waals surface area contributed by atoms with Crippen LogP contribution < -0.4 is 20.1 Å². The van der Waals surface area contributed by atoms with Crippen LogP contribution in [0.5, 0.6) is 11.5 Å². The van der Waals surface area contributed by atoms with Gasteiger partial charge in [0, 0.05) is 25.4 Å². The Bertz CT molecular complexity index is 724. The van der Waals surface area contributed by atoms with Crippen molar-refractivity contribution in [2.24, 2.45) is 0 Å². The fourth-order valence-electron chi connectivity index (χ4n) is 2.32. The van der Waals surface area contributed by atoms with Crippen molar-refractivity contribution in [3.8, 4) is 11.5 Å². The number of urea groups is 1. The lowest BCUT2D eigenvalue weighted by Gasteiger charge is -2.17. The molecule has 0 aliphatic rings. The van der Waals surface area contributed by atoms with Crippen LogP contribution >= 0.6 is 0 Å². The van der Waals surface area contributed by atoms with E-state index >= 15 is 0 Å². The molecule has 25 heavy (non-hydrogen) atoms. The summed E-state index contributed by atoms with van der Waals surface area (Å²) >= 11 is 0. The topological polar surface area (TPSA) is 68.8 Å². The first kappa shape index (κ1) is 18.5. The number of rotatable bonds is 7. The molecule has 0 radical (unpaired) electrons. The summed E-state index contributed by atoms with van der Waals surface area (Å²) in [7, 11) is 4.56. The van der Waals surface area contributed by atoms with Crippen LogP contribution in [0.3, 0.4) is 0 Å². The van der Waals surface area contributed by atoms with Gasteiger partial charge in [-0.05, 0) is 29.8 Å². The Balaban J connectivity index is 1.95. The third-order valence-electron chi connectivity index (χ3n) is 3.59. The van der Waals surface area contributed by atoms with E-state index in [1.165, 1.54) is 33.5 Å². The number of methoxy groups -OCH3 is 3. The molecule has 0 bridgehead atoms. The normalized spacial score (nSPS) is 11.5. The summed E-state index contributed by atoms with van der Waals surface area (Å²) in [5, 5.41) is 5.39. The van der Waals surface area contributed by atoms with E-state index in [1.807, 2.05) is 0 Å². The van der Waals surface area contributed by atoms with E-state index in [0.29, 0.717) is 22.7 Å². The first-order chi connectivity index (χ1) is 12.1. The molecule has 0 spiro atoms. The Labute approximate surface area is 145 Å². The van der Waals surface area contributed by atoms with Crippen molar-refractivity contribution >= 4 is 11.7 Å². The fraction of sp³-hybridized carbons (Fsp3) is 0.278. The zero-order valence-corrected chi connectivity index (χ0v) is 14.3. The minimum absolute atomic E-state index is 0.194. The van der Waals surface area contributed by atoms with Crippen LogP contribution in [0.15, 0.2) is 42.5 Å². The molecule has 0 aliphatic carbocycles. The van der Waals surface area contributed by atoms with Crippen LogP contribution in [0.2, 0.25) is 0 Å². The Hall–Kier alpha value is -2.80. The maximum absolute atomic E-state index is 13.3. The number of anilines is 1. The molecular formula is C18H21FN2O4. The van der Waals surface area contributed by atoms with Crippen molar-refractivity contribution in [1.29, 1.82) is 0 Å². The van der Waals surface area contributed by atoms with E-state index in [4.69, 9.17) is 14.2 Å². The molecule has 7 heteroatoms. The van der Waals surface area contributed by atoms with Crippen molar-refractivity contribution in [3.05, 3.63) is 53.8 Å². The number of halogens is 1. The lowest BCUT2D eigenvalue weighted by Crippen LogP contribution is -2.33. The molecule has 2 aromatic rings. The van der Waals surface area contributed by atoms with Crippen LogP contribution in [0.4, 0.5) is 14.9 Å². The van der Waals surface area contributed by atoms with Crippen molar-refractivity contribution in [2.45, 2.75) is 6.10 Å². The van der Waals surface area contributed by atoms with Gasteiger partial charge in [0.2, 0.25) is 0 Å². The van der Waals surface area contributed by atoms with Crippen molar-refractivity contribution in [3.63, 3.8) is 0 Å². The predicted octanol–water partition coefficient (Wildman–Crippen LogP) is 3.35. The lowest BCUT2D eigenvalue weighted by atomic mass is 10.1. The van der Waals surface area contributed by atoms with Crippen molar-refractivity contribution < 1.29 is 23.4 Å². The number of benzene rings is 2. The minimum atomic E-state index is -0.452. The van der Waals surface area contributed by atoms with E-state index < -0.39 is 12.1 Å². The highest BCUT2D eigenvalue weighted by Crippen LogP contribution is 2.29. The zero-order chi connectivity index (χ0) is 18.2. The second-order valence-corrected chi connectivity index (χ2v) is 5.18. The highest BCUT2D eigenvalue weighted by Gasteiger charge is 2.13. The van der Waals surface area contributed by atoms with Gasteiger partial charge in [-0.3, -0.25) is 0 Å². The fourth-order valence-corrected chi connectivity index (χ4v) is 2.32. The van der Waals surface area contributed by atoms with E-state index in [0.717, 1.165) is 0 Å². The zero-order valence-electron chi connectivity index (χ0n) is 14.3. The molecule has 0 aliphatic heterocycles. The number of nitrogens with one attached hydrogen (secondary N) is 2. The van der Waals surface area contributed by atoms with Gasteiger partial charge in [0.1, 0.15) is 5.82 Å². The molecule has 0 heterocycles. The third kappa shape index (κ3) is 5.09. The summed E-state index contributed by atoms with van der Waals surface area (Å²) in [6, 6.07) is 10.7. The van der Waals surface area contributed by atoms with Gasteiger partial charge < -0.3 is 24.8 Å². The van der Waals surface area contributed by atoms with E-state index in [-0.39, 0.29) is 12.4 Å². The molecule has 0 fully saturated rings. The number of ether oxygens (including phenoxy) is 3. The molecule has 0 aromatic heterocycles. The monoisotopic (exact) mass is 348 g/mol. The number of carbonyl (C=O) groups excluding carboxylic acids is 1. The molecule has 2 aromatic carbocycles. The lowest BCUT2D eigenvalue weighted by molar-refractivity contribution is 0.104. The smallest absolute Gasteiger partial charge is 0.319 e. The Morgan fingerprint density at radius 3 is 2.48 bits per heavy atom. The first-order valence-electron chi connectivity index (χ1n) is 7.62. The Morgan fingerprint density at radius 2 is 1.84 bits per heavy atom. The molecule has 1 atom stereocenters. The molecule has 134 valence electrons. The van der Waals surface area contributed by atoms with Crippen LogP contribution in [0.25, 0.3) is 0 Å². The van der Waals surface area contributed by atoms with Crippen LogP contribution in [0.1, 0.15) is 11.7 Å². The van der Waals surface area contributed by atoms with Crippen molar-refractivity contribution in [2.75, 3.05) is 33.2 Å². The standard InChI is InChI=1S/C18H21FN2O4/c1-23-15-8-7-14(10-16(15)24-2)21-18(22)20-11-17(25-3)12-5-4-6-13(19)9-12/h4-10,17H,11H2,1-3H3,(H2,20,21,22). The Morgan fingerprint density at radius 1 is 1.08 bits per heavy atom. The van der Waals surface area contributed by atoms with Gasteiger partial charge in [-0.25, -0.2) is 9.18 Å². The molecule has 2 rings (SSSR count). The largest absolute Gasteiger partial charge is 0.493 e. The predicted molar refractivity (Wildman–Crippen MR) is 92.7 cm³/mol. The highest BCUT2D eigenvalue weighted by atomic mass is 19.1. The van der Waals surface area contributed by atoms with Crippen LogP contribution in [0, 0.1) is 5.82 Å². The summed E-state index contributed by atoms with van der Waals surface area (Å²) in [6.45, 7) is 0.194. The molecule has 0 saturated heterocycles. The summed E-state index contributed by atoms with van der Waals surface area (Å²) in [6.07, 6.45) is -0.452. The van der Waals surface area contributed by atoms with E-state index in [1.54, 1.807) is 30.3 Å². The van der Waals surface area contributed by atoms with Crippen LogP contribution in [-0.2, 0) is 4.74 Å². The maximum atomic E-state index is 13.3. The Kier molecular flexibility index (Phi) is 6.59. The summed E-state index contributed by atoms with van der Waals surface area (Å²) in [5.41, 5.74) is 1.20. The molecule has 1 unspecified atom stereocenters. The second kappa shape index (κ2) is 8.89. The SMILES string of the molecule is COc1ccc(NC(=O)NCC(OC)c2cccc(F)c2)cc1OC. The molecule has 0 saturated carbocycles. The molecule has 6 nitrogen and oxygen atoms in total. The van der Waals surface area contributed by atoms with Gasteiger partial charge in [-0.15, -0.1) is 0 Å². The number of carbonyl (C=O) groups is 1. The summed E-state index contributed by atoms with van der Waals surface area (Å²) < 4.78 is 29.0. The number of hydrogen-bond donors (Lipinski definition) is 2. The van der Waals surface area contributed by atoms with Gasteiger partial charge in [-0.1, -0.05) is 12.1 Å². The third-order valence-corrected chi connectivity index (χ3v) is 3.59.